The quantitative estimate of drug-likeness (QED) is 0.817. The molecule has 0 bridgehead atoms. The summed E-state index contributed by atoms with van der Waals surface area (Å²) in [6, 6.07) is 2.05. The number of hydrogen-bond donors (Lipinski definition) is 1. The Morgan fingerprint density at radius 2 is 2.24 bits per heavy atom. The Morgan fingerprint density at radius 3 is 2.88 bits per heavy atom. The van der Waals surface area contributed by atoms with E-state index in [-0.39, 0.29) is 0 Å². The van der Waals surface area contributed by atoms with E-state index in [1.165, 1.54) is 36.6 Å². The van der Waals surface area contributed by atoms with Crippen molar-refractivity contribution in [1.82, 2.24) is 10.2 Å². The third-order valence-corrected chi connectivity index (χ3v) is 4.80. The van der Waals surface area contributed by atoms with Crippen LogP contribution in [0.25, 0.3) is 0 Å². The Bertz CT molecular complexity index is 276. The van der Waals surface area contributed by atoms with Gasteiger partial charge >= 0.3 is 0 Å². The fourth-order valence-corrected chi connectivity index (χ4v) is 3.18. The van der Waals surface area contributed by atoms with Gasteiger partial charge < -0.3 is 5.32 Å². The molecule has 2 aliphatic rings. The van der Waals surface area contributed by atoms with Crippen LogP contribution in [0.3, 0.4) is 0 Å². The summed E-state index contributed by atoms with van der Waals surface area (Å²) in [5.41, 5.74) is 0. The van der Waals surface area contributed by atoms with Gasteiger partial charge in [0.2, 0.25) is 0 Å². The van der Waals surface area contributed by atoms with Crippen LogP contribution in [-0.2, 0) is 0 Å². The Balaban J connectivity index is 1.78. The van der Waals surface area contributed by atoms with Crippen LogP contribution in [0, 0.1) is 0 Å². The molecule has 0 aromatic carbocycles. The number of amidine groups is 1. The zero-order chi connectivity index (χ0) is 12.3. The Labute approximate surface area is 109 Å². The number of rotatable bonds is 5. The van der Waals surface area contributed by atoms with Crippen LogP contribution < -0.4 is 5.32 Å². The molecule has 4 heteroatoms. The number of nitrogens with zero attached hydrogens (tertiary/aromatic N) is 2. The van der Waals surface area contributed by atoms with Crippen LogP contribution >= 0.6 is 11.8 Å². The normalized spacial score (nSPS) is 29.4. The summed E-state index contributed by atoms with van der Waals surface area (Å²) in [4.78, 5) is 7.22. The zero-order valence-electron chi connectivity index (χ0n) is 11.3. The minimum absolute atomic E-state index is 0.569. The summed E-state index contributed by atoms with van der Waals surface area (Å²) in [7, 11) is 2.23. The summed E-state index contributed by atoms with van der Waals surface area (Å²) < 4.78 is 0. The number of thioether (sulfide) groups is 1. The van der Waals surface area contributed by atoms with E-state index in [0.717, 1.165) is 12.6 Å². The fraction of sp³-hybridized carbons (Fsp3) is 0.923. The van der Waals surface area contributed by atoms with E-state index in [1.807, 2.05) is 11.8 Å². The molecule has 2 atom stereocenters. The molecule has 98 valence electrons. The van der Waals surface area contributed by atoms with E-state index >= 15 is 0 Å². The Morgan fingerprint density at radius 1 is 1.47 bits per heavy atom. The monoisotopic (exact) mass is 255 g/mol. The highest BCUT2D eigenvalue weighted by Crippen LogP contribution is 2.27. The molecule has 3 nitrogen and oxygen atoms in total. The van der Waals surface area contributed by atoms with Crippen molar-refractivity contribution in [3.05, 3.63) is 0 Å². The van der Waals surface area contributed by atoms with Gasteiger partial charge in [-0.15, -0.1) is 0 Å². The lowest BCUT2D eigenvalue weighted by molar-refractivity contribution is 0.253. The largest absolute Gasteiger partial charge is 0.362 e. The predicted molar refractivity (Wildman–Crippen MR) is 76.8 cm³/mol. The Kier molecular flexibility index (Phi) is 4.74. The molecule has 1 aliphatic heterocycles. The molecular weight excluding hydrogens is 230 g/mol. The van der Waals surface area contributed by atoms with Gasteiger partial charge in [-0.05, 0) is 39.7 Å². The molecule has 2 rings (SSSR count). The highest BCUT2D eigenvalue weighted by atomic mass is 32.2. The molecule has 2 unspecified atom stereocenters. The van der Waals surface area contributed by atoms with E-state index in [2.05, 4.69) is 31.1 Å². The lowest BCUT2D eigenvalue weighted by Gasteiger charge is -2.26. The SMILES string of the molecule is CCC1CCSC(=NCC(C)N(C)C2CC2)N1. The van der Waals surface area contributed by atoms with Crippen molar-refractivity contribution in [1.29, 1.82) is 0 Å². The predicted octanol–water partition coefficient (Wildman–Crippen LogP) is 2.33. The van der Waals surface area contributed by atoms with E-state index < -0.39 is 0 Å². The Hall–Kier alpha value is -0.220. The van der Waals surface area contributed by atoms with Crippen molar-refractivity contribution in [3.63, 3.8) is 0 Å². The molecule has 1 N–H and O–H groups in total. The van der Waals surface area contributed by atoms with Crippen LogP contribution in [0.15, 0.2) is 4.99 Å². The zero-order valence-corrected chi connectivity index (χ0v) is 12.1. The summed E-state index contributed by atoms with van der Waals surface area (Å²) in [5, 5.41) is 4.70. The number of hydrogen-bond acceptors (Lipinski definition) is 3. The van der Waals surface area contributed by atoms with Gasteiger partial charge in [-0.1, -0.05) is 18.7 Å². The molecular formula is C13H25N3S. The molecule has 0 amide bonds. The van der Waals surface area contributed by atoms with Crippen LogP contribution in [0.2, 0.25) is 0 Å². The van der Waals surface area contributed by atoms with Crippen molar-refractivity contribution >= 4 is 16.9 Å². The van der Waals surface area contributed by atoms with Gasteiger partial charge in [0.15, 0.2) is 5.17 Å². The van der Waals surface area contributed by atoms with Crippen LogP contribution in [0.1, 0.15) is 39.5 Å². The maximum absolute atomic E-state index is 4.74. The average Bonchev–Trinajstić information content (AvgIpc) is 3.19. The van der Waals surface area contributed by atoms with E-state index in [1.54, 1.807) is 0 Å². The second-order valence-electron chi connectivity index (χ2n) is 5.28. The molecule has 1 heterocycles. The summed E-state index contributed by atoms with van der Waals surface area (Å²) in [5.74, 6) is 1.22. The van der Waals surface area contributed by atoms with Gasteiger partial charge in [0.1, 0.15) is 0 Å². The molecule has 1 saturated carbocycles. The highest BCUT2D eigenvalue weighted by molar-refractivity contribution is 8.13. The molecule has 0 spiro atoms. The lowest BCUT2D eigenvalue weighted by Crippen LogP contribution is -2.39. The van der Waals surface area contributed by atoms with Crippen molar-refractivity contribution in [2.75, 3.05) is 19.3 Å². The van der Waals surface area contributed by atoms with Gasteiger partial charge in [-0.3, -0.25) is 9.89 Å². The molecule has 17 heavy (non-hydrogen) atoms. The molecule has 0 radical (unpaired) electrons. The van der Waals surface area contributed by atoms with E-state index in [0.29, 0.717) is 12.1 Å². The first kappa shape index (κ1) is 13.2. The smallest absolute Gasteiger partial charge is 0.156 e. The maximum Gasteiger partial charge on any atom is 0.156 e. The van der Waals surface area contributed by atoms with Crippen molar-refractivity contribution in [3.8, 4) is 0 Å². The standard InChI is InChI=1S/C13H25N3S/c1-4-11-7-8-17-13(15-11)14-9-10(2)16(3)12-5-6-12/h10-12H,4-9H2,1-3H3,(H,14,15). The molecule has 0 aromatic rings. The summed E-state index contributed by atoms with van der Waals surface area (Å²) >= 11 is 1.88. The molecule has 1 aliphatic carbocycles. The van der Waals surface area contributed by atoms with Gasteiger partial charge in [-0.2, -0.15) is 0 Å². The van der Waals surface area contributed by atoms with Crippen LogP contribution in [-0.4, -0.2) is 47.5 Å². The molecule has 0 aromatic heterocycles. The number of nitrogens with one attached hydrogen (secondary N) is 1. The van der Waals surface area contributed by atoms with Crippen LogP contribution in [0.4, 0.5) is 0 Å². The maximum atomic E-state index is 4.74. The first-order valence-electron chi connectivity index (χ1n) is 6.86. The van der Waals surface area contributed by atoms with Gasteiger partial charge in [0.05, 0.1) is 6.54 Å². The molecule has 2 fully saturated rings. The topological polar surface area (TPSA) is 27.6 Å². The van der Waals surface area contributed by atoms with E-state index in [4.69, 9.17) is 4.99 Å². The minimum atomic E-state index is 0.569. The van der Waals surface area contributed by atoms with Crippen molar-refractivity contribution in [2.45, 2.75) is 57.7 Å². The first-order chi connectivity index (χ1) is 8.20. The number of likely N-dealkylation sites (N-methyl/N-ethyl adjacent to an activating group) is 1. The van der Waals surface area contributed by atoms with Gasteiger partial charge in [0, 0.05) is 23.9 Å². The summed E-state index contributed by atoms with van der Waals surface area (Å²) in [6.45, 7) is 5.46. The third kappa shape index (κ3) is 3.88. The first-order valence-corrected chi connectivity index (χ1v) is 7.85. The highest BCUT2D eigenvalue weighted by Gasteiger charge is 2.29. The average molecular weight is 255 g/mol. The third-order valence-electron chi connectivity index (χ3n) is 3.84. The van der Waals surface area contributed by atoms with Crippen LogP contribution in [0.5, 0.6) is 0 Å². The fourth-order valence-electron chi connectivity index (χ4n) is 2.17. The molecule has 1 saturated heterocycles. The van der Waals surface area contributed by atoms with Crippen molar-refractivity contribution in [2.24, 2.45) is 4.99 Å². The lowest BCUT2D eigenvalue weighted by atomic mass is 10.2. The van der Waals surface area contributed by atoms with Gasteiger partial charge in [0.25, 0.3) is 0 Å². The minimum Gasteiger partial charge on any atom is -0.362 e. The van der Waals surface area contributed by atoms with E-state index in [9.17, 15) is 0 Å². The number of aliphatic imine (C=N–C) groups is 1. The second-order valence-corrected chi connectivity index (χ2v) is 6.36. The van der Waals surface area contributed by atoms with Crippen molar-refractivity contribution < 1.29 is 0 Å². The second kappa shape index (κ2) is 6.10. The van der Waals surface area contributed by atoms with Gasteiger partial charge in [-0.25, -0.2) is 0 Å². The summed E-state index contributed by atoms with van der Waals surface area (Å²) in [6.07, 6.45) is 5.24.